The van der Waals surface area contributed by atoms with E-state index < -0.39 is 0 Å². The summed E-state index contributed by atoms with van der Waals surface area (Å²) in [6.45, 7) is 0.327. The second-order valence-corrected chi connectivity index (χ2v) is 5.09. The van der Waals surface area contributed by atoms with Crippen molar-refractivity contribution in [1.82, 2.24) is 0 Å². The van der Waals surface area contributed by atoms with Gasteiger partial charge in [-0.25, -0.2) is 0 Å². The molecule has 0 saturated heterocycles. The normalized spacial score (nSPS) is 16.4. The van der Waals surface area contributed by atoms with Crippen molar-refractivity contribution in [1.29, 1.82) is 0 Å². The number of nitrogens with one attached hydrogen (secondary N) is 1. The van der Waals surface area contributed by atoms with E-state index in [2.05, 4.69) is 35.6 Å². The molecule has 0 spiro atoms. The zero-order valence-electron chi connectivity index (χ0n) is 10.6. The first-order chi connectivity index (χ1) is 9.38. The SMILES string of the molecule is c1ccc2c(c1)CC(Nc1ccc3c(c1)OCO3)C2. The standard InChI is InChI=1S/C16H15NO2/c1-2-4-12-8-14(7-11(12)3-1)17-13-5-6-15-16(9-13)19-10-18-15/h1-6,9,14,17H,7-8,10H2. The molecule has 0 radical (unpaired) electrons. The van der Waals surface area contributed by atoms with Crippen molar-refractivity contribution in [3.05, 3.63) is 53.6 Å². The fourth-order valence-corrected chi connectivity index (χ4v) is 2.88. The van der Waals surface area contributed by atoms with E-state index in [1.165, 1.54) is 11.1 Å². The molecule has 0 aromatic heterocycles. The largest absolute Gasteiger partial charge is 0.454 e. The van der Waals surface area contributed by atoms with Gasteiger partial charge in [0.1, 0.15) is 0 Å². The van der Waals surface area contributed by atoms with E-state index in [0.29, 0.717) is 12.8 Å². The van der Waals surface area contributed by atoms with E-state index in [1.807, 2.05) is 12.1 Å². The third-order valence-electron chi connectivity index (χ3n) is 3.79. The fourth-order valence-electron chi connectivity index (χ4n) is 2.88. The first-order valence-electron chi connectivity index (χ1n) is 6.61. The quantitative estimate of drug-likeness (QED) is 0.892. The Labute approximate surface area is 112 Å². The maximum atomic E-state index is 5.40. The number of ether oxygens (including phenoxy) is 2. The highest BCUT2D eigenvalue weighted by Gasteiger charge is 2.21. The average molecular weight is 253 g/mol. The van der Waals surface area contributed by atoms with Crippen molar-refractivity contribution in [3.63, 3.8) is 0 Å². The van der Waals surface area contributed by atoms with E-state index in [1.54, 1.807) is 0 Å². The Kier molecular flexibility index (Phi) is 2.37. The van der Waals surface area contributed by atoms with Gasteiger partial charge >= 0.3 is 0 Å². The number of benzene rings is 2. The van der Waals surface area contributed by atoms with Gasteiger partial charge in [0.15, 0.2) is 11.5 Å². The molecule has 2 aromatic carbocycles. The molecular weight excluding hydrogens is 238 g/mol. The molecule has 0 unspecified atom stereocenters. The molecular formula is C16H15NO2. The topological polar surface area (TPSA) is 30.5 Å². The summed E-state index contributed by atoms with van der Waals surface area (Å²) < 4.78 is 10.7. The molecule has 2 aliphatic rings. The molecule has 19 heavy (non-hydrogen) atoms. The van der Waals surface area contributed by atoms with Gasteiger partial charge in [-0.05, 0) is 36.1 Å². The van der Waals surface area contributed by atoms with Gasteiger partial charge < -0.3 is 14.8 Å². The highest BCUT2D eigenvalue weighted by molar-refractivity contribution is 5.56. The number of anilines is 1. The first-order valence-corrected chi connectivity index (χ1v) is 6.61. The van der Waals surface area contributed by atoms with Gasteiger partial charge in [0.05, 0.1) is 0 Å². The van der Waals surface area contributed by atoms with Crippen LogP contribution in [0.1, 0.15) is 11.1 Å². The molecule has 96 valence electrons. The second-order valence-electron chi connectivity index (χ2n) is 5.09. The van der Waals surface area contributed by atoms with E-state index in [9.17, 15) is 0 Å². The van der Waals surface area contributed by atoms with Gasteiger partial charge in [-0.2, -0.15) is 0 Å². The van der Waals surface area contributed by atoms with Crippen molar-refractivity contribution >= 4 is 5.69 Å². The fraction of sp³-hybridized carbons (Fsp3) is 0.250. The van der Waals surface area contributed by atoms with Crippen LogP contribution in [0, 0.1) is 0 Å². The van der Waals surface area contributed by atoms with Crippen molar-refractivity contribution < 1.29 is 9.47 Å². The minimum atomic E-state index is 0.327. The zero-order chi connectivity index (χ0) is 12.7. The van der Waals surface area contributed by atoms with Crippen LogP contribution in [0.4, 0.5) is 5.69 Å². The van der Waals surface area contributed by atoms with Crippen molar-refractivity contribution in [2.45, 2.75) is 18.9 Å². The van der Waals surface area contributed by atoms with Gasteiger partial charge in [0.25, 0.3) is 0 Å². The van der Waals surface area contributed by atoms with Crippen molar-refractivity contribution in [2.24, 2.45) is 0 Å². The van der Waals surface area contributed by atoms with E-state index in [-0.39, 0.29) is 0 Å². The van der Waals surface area contributed by atoms with Crippen LogP contribution in [0.2, 0.25) is 0 Å². The summed E-state index contributed by atoms with van der Waals surface area (Å²) in [4.78, 5) is 0. The molecule has 0 amide bonds. The van der Waals surface area contributed by atoms with Crippen molar-refractivity contribution in [3.8, 4) is 11.5 Å². The van der Waals surface area contributed by atoms with Gasteiger partial charge in [-0.1, -0.05) is 24.3 Å². The van der Waals surface area contributed by atoms with Gasteiger partial charge in [-0.15, -0.1) is 0 Å². The summed E-state index contributed by atoms with van der Waals surface area (Å²) in [5.41, 5.74) is 4.02. The number of rotatable bonds is 2. The van der Waals surface area contributed by atoms with E-state index >= 15 is 0 Å². The lowest BCUT2D eigenvalue weighted by Gasteiger charge is -2.13. The number of fused-ring (bicyclic) bond motifs is 2. The number of hydrogen-bond acceptors (Lipinski definition) is 3. The van der Waals surface area contributed by atoms with Gasteiger partial charge in [0, 0.05) is 17.8 Å². The Morgan fingerprint density at radius 1 is 0.895 bits per heavy atom. The van der Waals surface area contributed by atoms with Crippen LogP contribution in [0.15, 0.2) is 42.5 Å². The molecule has 3 nitrogen and oxygen atoms in total. The molecule has 1 aliphatic heterocycles. The maximum Gasteiger partial charge on any atom is 0.231 e. The third-order valence-corrected chi connectivity index (χ3v) is 3.79. The summed E-state index contributed by atoms with van der Waals surface area (Å²) >= 11 is 0. The Bertz CT molecular complexity index is 599. The summed E-state index contributed by atoms with van der Waals surface area (Å²) in [6, 6.07) is 15.2. The predicted molar refractivity (Wildman–Crippen MR) is 73.8 cm³/mol. The average Bonchev–Trinajstić information content (AvgIpc) is 3.03. The summed E-state index contributed by atoms with van der Waals surface area (Å²) in [5.74, 6) is 1.67. The van der Waals surface area contributed by atoms with Crippen LogP contribution in [0.25, 0.3) is 0 Å². The minimum absolute atomic E-state index is 0.327. The predicted octanol–water partition coefficient (Wildman–Crippen LogP) is 2.99. The van der Waals surface area contributed by atoms with Crippen LogP contribution in [-0.4, -0.2) is 12.8 Å². The monoisotopic (exact) mass is 253 g/mol. The summed E-state index contributed by atoms with van der Waals surface area (Å²) in [5, 5.41) is 3.58. The number of hydrogen-bond donors (Lipinski definition) is 1. The molecule has 0 bridgehead atoms. The van der Waals surface area contributed by atoms with Gasteiger partial charge in [-0.3, -0.25) is 0 Å². The molecule has 4 rings (SSSR count). The summed E-state index contributed by atoms with van der Waals surface area (Å²) in [7, 11) is 0. The Balaban J connectivity index is 1.51. The smallest absolute Gasteiger partial charge is 0.231 e. The highest BCUT2D eigenvalue weighted by Crippen LogP contribution is 2.35. The molecule has 0 fully saturated rings. The van der Waals surface area contributed by atoms with E-state index in [4.69, 9.17) is 9.47 Å². The molecule has 1 heterocycles. The molecule has 1 N–H and O–H groups in total. The van der Waals surface area contributed by atoms with Crippen LogP contribution < -0.4 is 14.8 Å². The van der Waals surface area contributed by atoms with Crippen molar-refractivity contribution in [2.75, 3.05) is 12.1 Å². The first kappa shape index (κ1) is 10.7. The Morgan fingerprint density at radius 3 is 2.42 bits per heavy atom. The summed E-state index contributed by atoms with van der Waals surface area (Å²) in [6.07, 6.45) is 2.18. The minimum Gasteiger partial charge on any atom is -0.454 e. The highest BCUT2D eigenvalue weighted by atomic mass is 16.7. The zero-order valence-corrected chi connectivity index (χ0v) is 10.6. The lowest BCUT2D eigenvalue weighted by molar-refractivity contribution is 0.174. The van der Waals surface area contributed by atoms with Crippen LogP contribution in [0.3, 0.4) is 0 Å². The lowest BCUT2D eigenvalue weighted by atomic mass is 10.1. The molecule has 1 aliphatic carbocycles. The third kappa shape index (κ3) is 1.91. The van der Waals surface area contributed by atoms with Gasteiger partial charge in [0.2, 0.25) is 6.79 Å². The second kappa shape index (κ2) is 4.19. The molecule has 2 aromatic rings. The Hall–Kier alpha value is -2.16. The van der Waals surface area contributed by atoms with E-state index in [0.717, 1.165) is 30.0 Å². The molecule has 0 atom stereocenters. The Morgan fingerprint density at radius 2 is 1.63 bits per heavy atom. The van der Waals surface area contributed by atoms with Crippen LogP contribution in [0.5, 0.6) is 11.5 Å². The molecule has 0 saturated carbocycles. The van der Waals surface area contributed by atoms with Crippen LogP contribution in [-0.2, 0) is 12.8 Å². The maximum absolute atomic E-state index is 5.40. The lowest BCUT2D eigenvalue weighted by Crippen LogP contribution is -2.19. The molecule has 3 heteroatoms. The van der Waals surface area contributed by atoms with Crippen LogP contribution >= 0.6 is 0 Å².